The van der Waals surface area contributed by atoms with E-state index in [-0.39, 0.29) is 5.91 Å². The van der Waals surface area contributed by atoms with Crippen molar-refractivity contribution in [2.24, 2.45) is 11.5 Å². The second-order valence-electron chi connectivity index (χ2n) is 7.70. The second kappa shape index (κ2) is 9.76. The van der Waals surface area contributed by atoms with Crippen LogP contribution in [0.4, 0.5) is 11.5 Å². The smallest absolute Gasteiger partial charge is 0.265 e. The average molecular weight is 499 g/mol. The molecular formula is C25H22N8O2S. The molecule has 0 unspecified atom stereocenters. The molecule has 0 saturated carbocycles. The molecule has 36 heavy (non-hydrogen) atoms. The molecule has 180 valence electrons. The fraction of sp³-hybridized carbons (Fsp3) is 0.0400. The number of thiophene rings is 1. The van der Waals surface area contributed by atoms with Gasteiger partial charge in [-0.15, -0.1) is 11.3 Å². The molecule has 0 aliphatic rings. The van der Waals surface area contributed by atoms with Crippen LogP contribution in [0.5, 0.6) is 5.75 Å². The first kappa shape index (κ1) is 22.9. The Labute approximate surface area is 209 Å². The Bertz CT molecular complexity index is 1640. The number of allylic oxidation sites excluding steroid dienone is 1. The number of aromatic nitrogens is 4. The van der Waals surface area contributed by atoms with E-state index in [9.17, 15) is 4.79 Å². The number of aromatic amines is 1. The van der Waals surface area contributed by atoms with Crippen LogP contribution in [0.3, 0.4) is 0 Å². The maximum atomic E-state index is 12.7. The van der Waals surface area contributed by atoms with Crippen molar-refractivity contribution >= 4 is 49.7 Å². The predicted octanol–water partition coefficient (Wildman–Crippen LogP) is 3.99. The minimum absolute atomic E-state index is 0.299. The number of nitrogens with two attached hydrogens (primary N) is 2. The predicted molar refractivity (Wildman–Crippen MR) is 142 cm³/mol. The van der Waals surface area contributed by atoms with Crippen molar-refractivity contribution in [1.82, 2.24) is 25.5 Å². The number of methoxy groups -OCH3 is 1. The lowest BCUT2D eigenvalue weighted by Crippen LogP contribution is -2.21. The van der Waals surface area contributed by atoms with E-state index in [0.717, 1.165) is 32.2 Å². The van der Waals surface area contributed by atoms with Gasteiger partial charge < -0.3 is 26.8 Å². The lowest BCUT2D eigenvalue weighted by molar-refractivity contribution is 0.0971. The maximum Gasteiger partial charge on any atom is 0.265 e. The van der Waals surface area contributed by atoms with E-state index < -0.39 is 0 Å². The first-order valence-electron chi connectivity index (χ1n) is 10.8. The Balaban J connectivity index is 1.45. The maximum absolute atomic E-state index is 12.7. The number of carbonyl (C=O) groups is 1. The Kier molecular flexibility index (Phi) is 6.20. The number of hydrogen-bond donors (Lipinski definition) is 5. The number of anilines is 2. The Morgan fingerprint density at radius 1 is 1.17 bits per heavy atom. The van der Waals surface area contributed by atoms with E-state index in [2.05, 4.69) is 30.8 Å². The highest BCUT2D eigenvalue weighted by Gasteiger charge is 2.16. The molecule has 10 nitrogen and oxygen atoms in total. The molecule has 0 atom stereocenters. The molecule has 5 aromatic rings. The molecule has 0 saturated heterocycles. The van der Waals surface area contributed by atoms with Gasteiger partial charge in [0.1, 0.15) is 11.6 Å². The highest BCUT2D eigenvalue weighted by Crippen LogP contribution is 2.37. The normalized spacial score (nSPS) is 11.9. The highest BCUT2D eigenvalue weighted by atomic mass is 32.1. The minimum Gasteiger partial charge on any atom is -0.496 e. The number of amides is 1. The van der Waals surface area contributed by atoms with Gasteiger partial charge >= 0.3 is 0 Å². The minimum atomic E-state index is -0.299. The fourth-order valence-corrected chi connectivity index (χ4v) is 4.70. The molecule has 0 aliphatic carbocycles. The third-order valence-electron chi connectivity index (χ3n) is 5.38. The molecule has 5 rings (SSSR count). The topological polar surface area (TPSA) is 157 Å². The molecule has 3 heterocycles. The number of fused-ring (bicyclic) bond motifs is 2. The molecule has 0 radical (unpaired) electrons. The summed E-state index contributed by atoms with van der Waals surface area (Å²) in [6, 6.07) is 13.3. The fourth-order valence-electron chi connectivity index (χ4n) is 3.69. The summed E-state index contributed by atoms with van der Waals surface area (Å²) in [7, 11) is 1.59. The van der Waals surface area contributed by atoms with Crippen LogP contribution in [-0.4, -0.2) is 33.2 Å². The summed E-state index contributed by atoms with van der Waals surface area (Å²) in [5.41, 5.74) is 13.9. The SMILES string of the molecule is COc1cc(-c2nccc(Nc3ccc4[nH]ncc4c3)n2)cc2sc(C(=O)NC(/C=C\N)=C/N)cc12. The van der Waals surface area contributed by atoms with Gasteiger partial charge in [0.15, 0.2) is 5.82 Å². The molecule has 1 amide bonds. The Morgan fingerprint density at radius 2 is 2.06 bits per heavy atom. The number of carbonyl (C=O) groups excluding carboxylic acids is 1. The van der Waals surface area contributed by atoms with E-state index in [1.54, 1.807) is 31.6 Å². The molecular weight excluding hydrogens is 476 g/mol. The van der Waals surface area contributed by atoms with Crippen LogP contribution in [0.15, 0.2) is 79.0 Å². The van der Waals surface area contributed by atoms with Crippen LogP contribution in [-0.2, 0) is 0 Å². The van der Waals surface area contributed by atoms with Gasteiger partial charge in [-0.05, 0) is 54.7 Å². The quantitative estimate of drug-likeness (QED) is 0.211. The number of H-pyrrole nitrogens is 1. The van der Waals surface area contributed by atoms with E-state index in [1.165, 1.54) is 29.8 Å². The zero-order valence-electron chi connectivity index (χ0n) is 19.1. The third kappa shape index (κ3) is 4.55. The van der Waals surface area contributed by atoms with Crippen molar-refractivity contribution in [1.29, 1.82) is 0 Å². The van der Waals surface area contributed by atoms with E-state index in [0.29, 0.717) is 28.0 Å². The zero-order chi connectivity index (χ0) is 25.1. The van der Waals surface area contributed by atoms with E-state index >= 15 is 0 Å². The summed E-state index contributed by atoms with van der Waals surface area (Å²) in [5.74, 6) is 1.47. The number of nitrogens with one attached hydrogen (secondary N) is 3. The second-order valence-corrected chi connectivity index (χ2v) is 8.78. The Morgan fingerprint density at radius 3 is 2.86 bits per heavy atom. The summed E-state index contributed by atoms with van der Waals surface area (Å²) in [6.07, 6.45) is 7.55. The molecule has 3 aromatic heterocycles. The molecule has 0 fully saturated rings. The first-order chi connectivity index (χ1) is 17.6. The van der Waals surface area contributed by atoms with Gasteiger partial charge in [0.05, 0.1) is 29.4 Å². The number of rotatable bonds is 7. The van der Waals surface area contributed by atoms with Crippen LogP contribution in [0, 0.1) is 0 Å². The molecule has 0 aliphatic heterocycles. The van der Waals surface area contributed by atoms with Crippen LogP contribution >= 0.6 is 11.3 Å². The molecule has 0 spiro atoms. The van der Waals surface area contributed by atoms with Crippen LogP contribution in [0.1, 0.15) is 9.67 Å². The number of nitrogens with zero attached hydrogens (tertiary/aromatic N) is 3. The van der Waals surface area contributed by atoms with Crippen molar-refractivity contribution in [3.05, 3.63) is 83.9 Å². The summed E-state index contributed by atoms with van der Waals surface area (Å²) in [4.78, 5) is 22.4. The molecule has 0 bridgehead atoms. The van der Waals surface area contributed by atoms with Crippen LogP contribution in [0.25, 0.3) is 32.4 Å². The third-order valence-corrected chi connectivity index (χ3v) is 6.46. The standard InChI is InChI=1S/C25H22N8O2S/c1-35-20-9-14(10-21-18(20)11-22(36-21)25(34)31-17(12-27)4-6-26)24-28-7-5-23(32-24)30-16-2-3-19-15(8-16)13-29-33-19/h2-13H,26-27H2,1H3,(H,29,33)(H,31,34)(H,28,30,32)/b6-4-,17-12+. The van der Waals surface area contributed by atoms with E-state index in [4.69, 9.17) is 16.2 Å². The van der Waals surface area contributed by atoms with Crippen molar-refractivity contribution in [3.8, 4) is 17.1 Å². The number of benzene rings is 2. The van der Waals surface area contributed by atoms with E-state index in [1.807, 2.05) is 30.3 Å². The average Bonchev–Trinajstić information content (AvgIpc) is 3.54. The first-order valence-corrected chi connectivity index (χ1v) is 11.7. The molecule has 11 heteroatoms. The van der Waals surface area contributed by atoms with Gasteiger partial charge in [0.25, 0.3) is 5.91 Å². The van der Waals surface area contributed by atoms with Gasteiger partial charge in [-0.2, -0.15) is 5.10 Å². The Hall–Kier alpha value is -4.90. The summed E-state index contributed by atoms with van der Waals surface area (Å²) < 4.78 is 6.47. The van der Waals surface area contributed by atoms with Gasteiger partial charge in [-0.3, -0.25) is 9.89 Å². The van der Waals surface area contributed by atoms with Gasteiger partial charge in [0.2, 0.25) is 0 Å². The van der Waals surface area contributed by atoms with Gasteiger partial charge in [-0.1, -0.05) is 0 Å². The zero-order valence-corrected chi connectivity index (χ0v) is 20.0. The monoisotopic (exact) mass is 498 g/mol. The van der Waals surface area contributed by atoms with Crippen LogP contribution < -0.4 is 26.8 Å². The van der Waals surface area contributed by atoms with Crippen molar-refractivity contribution < 1.29 is 9.53 Å². The largest absolute Gasteiger partial charge is 0.496 e. The summed E-state index contributed by atoms with van der Waals surface area (Å²) >= 11 is 1.33. The molecule has 7 N–H and O–H groups in total. The lowest BCUT2D eigenvalue weighted by atomic mass is 10.1. The number of hydrogen-bond acceptors (Lipinski definition) is 9. The number of ether oxygens (including phenoxy) is 1. The summed E-state index contributed by atoms with van der Waals surface area (Å²) in [5, 5.41) is 14.8. The van der Waals surface area contributed by atoms with Gasteiger partial charge in [-0.25, -0.2) is 9.97 Å². The van der Waals surface area contributed by atoms with Crippen molar-refractivity contribution in [3.63, 3.8) is 0 Å². The lowest BCUT2D eigenvalue weighted by Gasteiger charge is -2.09. The molecule has 2 aromatic carbocycles. The highest BCUT2D eigenvalue weighted by molar-refractivity contribution is 7.20. The van der Waals surface area contributed by atoms with Gasteiger partial charge in [0, 0.05) is 39.1 Å². The van der Waals surface area contributed by atoms with Crippen molar-refractivity contribution in [2.45, 2.75) is 0 Å². The summed E-state index contributed by atoms with van der Waals surface area (Å²) in [6.45, 7) is 0. The van der Waals surface area contributed by atoms with Crippen molar-refractivity contribution in [2.75, 3.05) is 12.4 Å². The van der Waals surface area contributed by atoms with Crippen LogP contribution in [0.2, 0.25) is 0 Å².